The van der Waals surface area contributed by atoms with Gasteiger partial charge in [0.15, 0.2) is 0 Å². The lowest BCUT2D eigenvalue weighted by molar-refractivity contribution is -0.122. The minimum atomic E-state index is -3.98. The number of benzene rings is 2. The molecule has 2 fully saturated rings. The Bertz CT molecular complexity index is 1610. The van der Waals surface area contributed by atoms with E-state index in [1.807, 2.05) is 31.2 Å². The van der Waals surface area contributed by atoms with Crippen molar-refractivity contribution < 1.29 is 22.7 Å². The molecular formula is C27H25N3O5S3. The summed E-state index contributed by atoms with van der Waals surface area (Å²) in [7, 11) is -3.98. The van der Waals surface area contributed by atoms with Crippen LogP contribution in [-0.4, -0.2) is 54.8 Å². The third-order valence-corrected chi connectivity index (χ3v) is 11.2. The van der Waals surface area contributed by atoms with Crippen LogP contribution in [0.3, 0.4) is 0 Å². The molecule has 0 saturated carbocycles. The summed E-state index contributed by atoms with van der Waals surface area (Å²) in [6.07, 6.45) is 1.03. The first-order valence-electron chi connectivity index (χ1n) is 12.3. The summed E-state index contributed by atoms with van der Waals surface area (Å²) in [5.41, 5.74) is 3.38. The molecule has 6 rings (SSSR count). The quantitative estimate of drug-likeness (QED) is 0.297. The zero-order valence-corrected chi connectivity index (χ0v) is 23.0. The fourth-order valence-electron chi connectivity index (χ4n) is 4.93. The number of hydrogen-bond acceptors (Lipinski definition) is 8. The predicted octanol–water partition coefficient (Wildman–Crippen LogP) is 4.84. The molecule has 2 amide bonds. The van der Waals surface area contributed by atoms with Crippen LogP contribution in [0.4, 0.5) is 5.69 Å². The summed E-state index contributed by atoms with van der Waals surface area (Å²) >= 11 is 2.67. The van der Waals surface area contributed by atoms with Crippen molar-refractivity contribution in [1.82, 2.24) is 9.29 Å². The van der Waals surface area contributed by atoms with Gasteiger partial charge in [-0.25, -0.2) is 18.3 Å². The number of rotatable bonds is 7. The number of thiazole rings is 1. The highest BCUT2D eigenvalue weighted by Gasteiger charge is 2.48. The Morgan fingerprint density at radius 2 is 1.95 bits per heavy atom. The van der Waals surface area contributed by atoms with Gasteiger partial charge in [0.2, 0.25) is 5.91 Å². The number of aromatic nitrogens is 1. The fraction of sp³-hybridized carbons (Fsp3) is 0.296. The first-order chi connectivity index (χ1) is 18.3. The Hall–Kier alpha value is -2.96. The molecule has 2 aromatic heterocycles. The van der Waals surface area contributed by atoms with Gasteiger partial charge in [-0.1, -0.05) is 12.1 Å². The highest BCUT2D eigenvalue weighted by molar-refractivity contribution is 7.91. The largest absolute Gasteiger partial charge is 0.377 e. The first-order valence-corrected chi connectivity index (χ1v) is 15.5. The summed E-state index contributed by atoms with van der Waals surface area (Å²) in [5, 5.41) is 2.53. The van der Waals surface area contributed by atoms with Crippen molar-refractivity contribution in [3.63, 3.8) is 0 Å². The van der Waals surface area contributed by atoms with E-state index in [2.05, 4.69) is 6.07 Å². The highest BCUT2D eigenvalue weighted by atomic mass is 32.2. The van der Waals surface area contributed by atoms with Gasteiger partial charge in [-0.15, -0.1) is 22.7 Å². The van der Waals surface area contributed by atoms with Crippen LogP contribution < -0.4 is 4.90 Å². The third-order valence-electron chi connectivity index (χ3n) is 6.85. The normalized spacial score (nSPS) is 20.3. The van der Waals surface area contributed by atoms with Crippen molar-refractivity contribution in [1.29, 1.82) is 0 Å². The zero-order chi connectivity index (χ0) is 26.4. The van der Waals surface area contributed by atoms with Gasteiger partial charge in [0.1, 0.15) is 15.3 Å². The van der Waals surface area contributed by atoms with E-state index in [-0.39, 0.29) is 23.3 Å². The van der Waals surface area contributed by atoms with Crippen LogP contribution in [-0.2, 0) is 24.3 Å². The Labute approximate surface area is 228 Å². The van der Waals surface area contributed by atoms with Crippen LogP contribution in [0.1, 0.15) is 24.8 Å². The number of fused-ring (bicyclic) bond motifs is 1. The molecule has 2 aromatic carbocycles. The molecule has 2 unspecified atom stereocenters. The number of sulfonamides is 1. The van der Waals surface area contributed by atoms with Crippen LogP contribution in [0.15, 0.2) is 64.2 Å². The molecule has 2 aliphatic heterocycles. The van der Waals surface area contributed by atoms with E-state index in [0.717, 1.165) is 43.4 Å². The van der Waals surface area contributed by atoms with E-state index in [1.165, 1.54) is 15.9 Å². The highest BCUT2D eigenvalue weighted by Crippen LogP contribution is 2.35. The number of amides is 2. The molecule has 0 spiro atoms. The van der Waals surface area contributed by atoms with Crippen molar-refractivity contribution in [3.05, 3.63) is 65.5 Å². The van der Waals surface area contributed by atoms with Gasteiger partial charge in [0, 0.05) is 18.7 Å². The number of carbonyl (C=O) groups is 2. The molecule has 4 aromatic rings. The molecule has 2 atom stereocenters. The van der Waals surface area contributed by atoms with Crippen molar-refractivity contribution in [3.8, 4) is 10.6 Å². The van der Waals surface area contributed by atoms with Crippen LogP contribution >= 0.6 is 22.7 Å². The van der Waals surface area contributed by atoms with Crippen molar-refractivity contribution in [2.45, 2.75) is 42.5 Å². The van der Waals surface area contributed by atoms with E-state index in [1.54, 1.807) is 34.9 Å². The van der Waals surface area contributed by atoms with Gasteiger partial charge in [0.25, 0.3) is 15.9 Å². The summed E-state index contributed by atoms with van der Waals surface area (Å²) in [6, 6.07) is 15.3. The molecule has 196 valence electrons. The molecular weight excluding hydrogens is 543 g/mol. The van der Waals surface area contributed by atoms with Gasteiger partial charge >= 0.3 is 0 Å². The molecule has 8 nitrogen and oxygen atoms in total. The fourth-order valence-corrected chi connectivity index (χ4v) is 8.73. The molecule has 11 heteroatoms. The second kappa shape index (κ2) is 9.97. The number of carbonyl (C=O) groups excluding carboxylic acids is 2. The van der Waals surface area contributed by atoms with E-state index < -0.39 is 27.9 Å². The number of aryl methyl sites for hydroxylation is 1. The van der Waals surface area contributed by atoms with Crippen LogP contribution in [0.5, 0.6) is 0 Å². The van der Waals surface area contributed by atoms with E-state index in [4.69, 9.17) is 9.72 Å². The van der Waals surface area contributed by atoms with Gasteiger partial charge < -0.3 is 4.74 Å². The van der Waals surface area contributed by atoms with Crippen molar-refractivity contribution in [2.75, 3.05) is 18.1 Å². The van der Waals surface area contributed by atoms with Crippen LogP contribution in [0, 0.1) is 6.92 Å². The van der Waals surface area contributed by atoms with Crippen molar-refractivity contribution in [2.24, 2.45) is 0 Å². The lowest BCUT2D eigenvalue weighted by Gasteiger charge is -2.28. The molecule has 0 aliphatic carbocycles. The average Bonchev–Trinajstić information content (AvgIpc) is 3.70. The summed E-state index contributed by atoms with van der Waals surface area (Å²) in [6.45, 7) is 2.63. The average molecular weight is 568 g/mol. The lowest BCUT2D eigenvalue weighted by Crippen LogP contribution is -2.48. The first kappa shape index (κ1) is 25.3. The smallest absolute Gasteiger partial charge is 0.253 e. The number of imide groups is 1. The number of ether oxygens (including phenoxy) is 1. The molecule has 0 bridgehead atoms. The Morgan fingerprint density at radius 3 is 2.66 bits per heavy atom. The molecule has 2 aliphatic rings. The van der Waals surface area contributed by atoms with Gasteiger partial charge in [0.05, 0.1) is 28.4 Å². The van der Waals surface area contributed by atoms with Crippen LogP contribution in [0.25, 0.3) is 20.8 Å². The van der Waals surface area contributed by atoms with Gasteiger partial charge in [-0.2, -0.15) is 4.31 Å². The standard InChI is InChI=1S/C27H25N3O5S3/c1-17-6-11-21-23(14-17)37-26(28-21)18-7-9-19(10-8-18)30-24(31)15-22(27(30)32)29(16-20-4-2-12-35-20)38(33,34)25-5-3-13-36-25/h3,5-11,13-14,20,22H,2,4,12,15-16H2,1H3. The molecule has 0 radical (unpaired) electrons. The number of thiophene rings is 1. The SMILES string of the molecule is Cc1ccc2nc(-c3ccc(N4C(=O)CC(N(CC5CCCO5)S(=O)(=O)c5cccs5)C4=O)cc3)sc2c1. The maximum atomic E-state index is 13.6. The maximum absolute atomic E-state index is 13.6. The number of nitrogens with zero attached hydrogens (tertiary/aromatic N) is 3. The molecule has 4 heterocycles. The maximum Gasteiger partial charge on any atom is 0.253 e. The summed E-state index contributed by atoms with van der Waals surface area (Å²) in [5.74, 6) is -0.974. The Kier molecular flexibility index (Phi) is 6.65. The van der Waals surface area contributed by atoms with Gasteiger partial charge in [-0.3, -0.25) is 9.59 Å². The molecule has 0 N–H and O–H groups in total. The predicted molar refractivity (Wildman–Crippen MR) is 148 cm³/mol. The van der Waals surface area contributed by atoms with E-state index in [9.17, 15) is 18.0 Å². The monoisotopic (exact) mass is 567 g/mol. The third kappa shape index (κ3) is 4.58. The number of anilines is 1. The van der Waals surface area contributed by atoms with Gasteiger partial charge in [-0.05, 0) is 73.2 Å². The minimum Gasteiger partial charge on any atom is -0.377 e. The number of hydrogen-bond donors (Lipinski definition) is 0. The Balaban J connectivity index is 1.28. The second-order valence-electron chi connectivity index (χ2n) is 9.47. The minimum absolute atomic E-state index is 0.0355. The second-order valence-corrected chi connectivity index (χ2v) is 13.6. The molecule has 2 saturated heterocycles. The van der Waals surface area contributed by atoms with Crippen LogP contribution in [0.2, 0.25) is 0 Å². The Morgan fingerprint density at radius 1 is 1.13 bits per heavy atom. The zero-order valence-electron chi connectivity index (χ0n) is 20.6. The van der Waals surface area contributed by atoms with E-state index >= 15 is 0 Å². The van der Waals surface area contributed by atoms with Crippen molar-refractivity contribution >= 4 is 60.4 Å². The van der Waals surface area contributed by atoms with E-state index in [0.29, 0.717) is 18.7 Å². The topological polar surface area (TPSA) is 96.9 Å². The summed E-state index contributed by atoms with van der Waals surface area (Å²) in [4.78, 5) is 32.5. The summed E-state index contributed by atoms with van der Waals surface area (Å²) < 4.78 is 35.2. The lowest BCUT2D eigenvalue weighted by atomic mass is 10.2. The molecule has 38 heavy (non-hydrogen) atoms.